The Morgan fingerprint density at radius 2 is 2.00 bits per heavy atom. The van der Waals surface area contributed by atoms with Gasteiger partial charge >= 0.3 is 0 Å². The monoisotopic (exact) mass is 379 g/mol. The minimum absolute atomic E-state index is 0.00737. The third-order valence-electron chi connectivity index (χ3n) is 5.48. The van der Waals surface area contributed by atoms with Gasteiger partial charge in [0.15, 0.2) is 0 Å². The van der Waals surface area contributed by atoms with Gasteiger partial charge in [0.1, 0.15) is 6.54 Å². The second-order valence-electron chi connectivity index (χ2n) is 7.53. The van der Waals surface area contributed by atoms with Crippen LogP contribution < -0.4 is 5.56 Å². The Morgan fingerprint density at radius 1 is 1.21 bits per heavy atom. The van der Waals surface area contributed by atoms with Crippen molar-refractivity contribution in [2.45, 2.75) is 51.2 Å². The van der Waals surface area contributed by atoms with Crippen LogP contribution in [0.3, 0.4) is 0 Å². The van der Waals surface area contributed by atoms with Gasteiger partial charge in [-0.1, -0.05) is 31.4 Å². The highest BCUT2D eigenvalue weighted by Gasteiger charge is 2.26. The summed E-state index contributed by atoms with van der Waals surface area (Å²) in [5.74, 6) is -0.0464. The van der Waals surface area contributed by atoms with Gasteiger partial charge < -0.3 is 4.90 Å². The van der Waals surface area contributed by atoms with Crippen LogP contribution in [-0.2, 0) is 24.9 Å². The Kier molecular flexibility index (Phi) is 5.23. The number of fused-ring (bicyclic) bond motifs is 1. The number of carbonyl (C=O) groups excluding carboxylic acids is 1. The number of rotatable bonds is 5. The fourth-order valence-electron chi connectivity index (χ4n) is 4.02. The zero-order chi connectivity index (χ0) is 19.5. The molecule has 3 aromatic rings. The van der Waals surface area contributed by atoms with Crippen molar-refractivity contribution >= 4 is 16.8 Å². The lowest BCUT2D eigenvalue weighted by molar-refractivity contribution is -0.135. The molecule has 0 unspecified atom stereocenters. The van der Waals surface area contributed by atoms with Crippen molar-refractivity contribution in [3.05, 3.63) is 58.9 Å². The number of aromatic nitrogens is 4. The van der Waals surface area contributed by atoms with Crippen molar-refractivity contribution in [1.82, 2.24) is 24.2 Å². The first-order valence-electron chi connectivity index (χ1n) is 9.83. The fraction of sp³-hybridized carbons (Fsp3) is 0.429. The minimum Gasteiger partial charge on any atom is -0.334 e. The lowest BCUT2D eigenvalue weighted by Crippen LogP contribution is -2.43. The molecule has 0 radical (unpaired) electrons. The van der Waals surface area contributed by atoms with E-state index in [0.717, 1.165) is 31.2 Å². The molecule has 0 N–H and O–H groups in total. The van der Waals surface area contributed by atoms with Gasteiger partial charge in [-0.15, -0.1) is 0 Å². The van der Waals surface area contributed by atoms with E-state index in [9.17, 15) is 9.59 Å². The van der Waals surface area contributed by atoms with E-state index in [-0.39, 0.29) is 24.1 Å². The van der Waals surface area contributed by atoms with Crippen molar-refractivity contribution in [3.8, 4) is 0 Å². The van der Waals surface area contributed by atoms with Gasteiger partial charge in [0.05, 0.1) is 23.4 Å². The predicted octanol–water partition coefficient (Wildman–Crippen LogP) is 2.49. The largest absolute Gasteiger partial charge is 0.334 e. The summed E-state index contributed by atoms with van der Waals surface area (Å²) < 4.78 is 3.17. The Morgan fingerprint density at radius 3 is 2.75 bits per heavy atom. The standard InChI is InChI=1S/C21H25N5O2/c1-24-12-16(11-23-24)13-26(17-7-3-2-4-8-17)20(27)14-25-15-22-19-10-6-5-9-18(19)21(25)28/h5-6,9-12,15,17H,2-4,7-8,13-14H2,1H3. The number of benzene rings is 1. The topological polar surface area (TPSA) is 73.0 Å². The Hall–Kier alpha value is -2.96. The van der Waals surface area contributed by atoms with Crippen molar-refractivity contribution in [3.63, 3.8) is 0 Å². The maximum atomic E-state index is 13.2. The quantitative estimate of drug-likeness (QED) is 0.683. The lowest BCUT2D eigenvalue weighted by atomic mass is 9.94. The molecule has 2 aromatic heterocycles. The van der Waals surface area contributed by atoms with Gasteiger partial charge in [0.25, 0.3) is 5.56 Å². The zero-order valence-electron chi connectivity index (χ0n) is 16.1. The third kappa shape index (κ3) is 3.83. The molecule has 28 heavy (non-hydrogen) atoms. The van der Waals surface area contributed by atoms with Crippen LogP contribution in [0.4, 0.5) is 0 Å². The number of hydrogen-bond donors (Lipinski definition) is 0. The van der Waals surface area contributed by atoms with Gasteiger partial charge in [-0.05, 0) is 25.0 Å². The molecule has 4 rings (SSSR count). The van der Waals surface area contributed by atoms with Crippen molar-refractivity contribution in [2.75, 3.05) is 0 Å². The summed E-state index contributed by atoms with van der Waals surface area (Å²) >= 11 is 0. The molecule has 1 saturated carbocycles. The molecule has 7 heteroatoms. The highest BCUT2D eigenvalue weighted by atomic mass is 16.2. The lowest BCUT2D eigenvalue weighted by Gasteiger charge is -2.34. The molecule has 2 heterocycles. The van der Waals surface area contributed by atoms with Gasteiger partial charge in [0.2, 0.25) is 5.91 Å². The predicted molar refractivity (Wildman–Crippen MR) is 107 cm³/mol. The van der Waals surface area contributed by atoms with Crippen LogP contribution in [-0.4, -0.2) is 36.2 Å². The summed E-state index contributed by atoms with van der Waals surface area (Å²) in [6, 6.07) is 7.43. The van der Waals surface area contributed by atoms with Gasteiger partial charge in [-0.3, -0.25) is 18.8 Å². The van der Waals surface area contributed by atoms with Gasteiger partial charge in [-0.2, -0.15) is 5.10 Å². The number of nitrogens with zero attached hydrogens (tertiary/aromatic N) is 5. The first-order chi connectivity index (χ1) is 13.6. The summed E-state index contributed by atoms with van der Waals surface area (Å²) in [5.41, 5.74) is 1.48. The van der Waals surface area contributed by atoms with Crippen LogP contribution in [0.25, 0.3) is 10.9 Å². The van der Waals surface area contributed by atoms with E-state index in [4.69, 9.17) is 0 Å². The SMILES string of the molecule is Cn1cc(CN(C(=O)Cn2cnc3ccccc3c2=O)C2CCCCC2)cn1. The van der Waals surface area contributed by atoms with Crippen LogP contribution in [0.15, 0.2) is 47.8 Å². The third-order valence-corrected chi connectivity index (χ3v) is 5.48. The van der Waals surface area contributed by atoms with Gasteiger partial charge in [-0.25, -0.2) is 4.98 Å². The fourth-order valence-corrected chi connectivity index (χ4v) is 4.02. The Bertz CT molecular complexity index is 1030. The average molecular weight is 379 g/mol. The van der Waals surface area contributed by atoms with Crippen molar-refractivity contribution in [2.24, 2.45) is 7.05 Å². The zero-order valence-corrected chi connectivity index (χ0v) is 16.1. The van der Waals surface area contributed by atoms with Crippen molar-refractivity contribution < 1.29 is 4.79 Å². The summed E-state index contributed by atoms with van der Waals surface area (Å²) in [6.07, 6.45) is 10.7. The molecular formula is C21H25N5O2. The molecule has 0 atom stereocenters. The van der Waals surface area contributed by atoms with Crippen LogP contribution in [0.2, 0.25) is 0 Å². The van der Waals surface area contributed by atoms with E-state index in [0.29, 0.717) is 17.4 Å². The minimum atomic E-state index is -0.177. The summed E-state index contributed by atoms with van der Waals surface area (Å²) in [4.78, 5) is 32.2. The Balaban J connectivity index is 1.59. The molecule has 0 spiro atoms. The first-order valence-corrected chi connectivity index (χ1v) is 9.83. The molecule has 1 fully saturated rings. The van der Waals surface area contributed by atoms with Gasteiger partial charge in [0, 0.05) is 31.4 Å². The van der Waals surface area contributed by atoms with E-state index in [2.05, 4.69) is 10.1 Å². The molecule has 7 nitrogen and oxygen atoms in total. The van der Waals surface area contributed by atoms with E-state index in [1.807, 2.05) is 30.3 Å². The molecule has 0 bridgehead atoms. The molecule has 1 aliphatic carbocycles. The second kappa shape index (κ2) is 7.96. The van der Waals surface area contributed by atoms with E-state index in [1.54, 1.807) is 23.0 Å². The number of amides is 1. The molecule has 1 amide bonds. The highest BCUT2D eigenvalue weighted by Crippen LogP contribution is 2.24. The van der Waals surface area contributed by atoms with Crippen LogP contribution in [0.1, 0.15) is 37.7 Å². The number of hydrogen-bond acceptors (Lipinski definition) is 4. The maximum absolute atomic E-state index is 13.2. The highest BCUT2D eigenvalue weighted by molar-refractivity contribution is 5.79. The van der Waals surface area contributed by atoms with Crippen LogP contribution in [0.5, 0.6) is 0 Å². The number of aryl methyl sites for hydroxylation is 1. The second-order valence-corrected chi connectivity index (χ2v) is 7.53. The summed E-state index contributed by atoms with van der Waals surface area (Å²) in [7, 11) is 1.87. The normalized spacial score (nSPS) is 15.0. The summed E-state index contributed by atoms with van der Waals surface area (Å²) in [6.45, 7) is 0.528. The van der Waals surface area contributed by atoms with E-state index >= 15 is 0 Å². The molecule has 146 valence electrons. The average Bonchev–Trinajstić information content (AvgIpc) is 3.14. The van der Waals surface area contributed by atoms with Crippen LogP contribution >= 0.6 is 0 Å². The molecule has 0 aliphatic heterocycles. The van der Waals surface area contributed by atoms with E-state index < -0.39 is 0 Å². The number of carbonyl (C=O) groups is 1. The molecular weight excluding hydrogens is 354 g/mol. The van der Waals surface area contributed by atoms with Crippen molar-refractivity contribution in [1.29, 1.82) is 0 Å². The summed E-state index contributed by atoms with van der Waals surface area (Å²) in [5, 5.41) is 4.76. The molecule has 1 aliphatic rings. The van der Waals surface area contributed by atoms with Crippen LogP contribution in [0, 0.1) is 0 Å². The van der Waals surface area contributed by atoms with E-state index in [1.165, 1.54) is 17.3 Å². The maximum Gasteiger partial charge on any atom is 0.261 e. The molecule has 1 aromatic carbocycles. The number of para-hydroxylation sites is 1. The molecule has 0 saturated heterocycles. The Labute approximate surface area is 163 Å². The smallest absolute Gasteiger partial charge is 0.261 e. The first kappa shape index (κ1) is 18.4.